The number of anilines is 1. The van der Waals surface area contributed by atoms with Crippen molar-refractivity contribution in [2.75, 3.05) is 38.7 Å². The normalized spacial score (nSPS) is 18.7. The van der Waals surface area contributed by atoms with Gasteiger partial charge in [-0.15, -0.1) is 0 Å². The minimum Gasteiger partial charge on any atom is -0.497 e. The van der Waals surface area contributed by atoms with Crippen molar-refractivity contribution in [3.8, 4) is 5.75 Å². The highest BCUT2D eigenvalue weighted by atomic mass is 19.1. The largest absolute Gasteiger partial charge is 0.497 e. The van der Waals surface area contributed by atoms with Crippen LogP contribution in [0.1, 0.15) is 35.7 Å². The van der Waals surface area contributed by atoms with Gasteiger partial charge >= 0.3 is 6.03 Å². The van der Waals surface area contributed by atoms with Crippen molar-refractivity contribution in [2.24, 2.45) is 0 Å². The van der Waals surface area contributed by atoms with Gasteiger partial charge in [-0.3, -0.25) is 4.90 Å². The van der Waals surface area contributed by atoms with Crippen molar-refractivity contribution in [1.82, 2.24) is 14.8 Å². The molecule has 1 aromatic heterocycles. The molecule has 0 aliphatic carbocycles. The van der Waals surface area contributed by atoms with Crippen LogP contribution in [0.25, 0.3) is 10.9 Å². The minimum atomic E-state index is -0.447. The van der Waals surface area contributed by atoms with E-state index in [-0.39, 0.29) is 29.8 Å². The number of rotatable bonds is 5. The molecule has 1 spiro atoms. The molecule has 0 radical (unpaired) electrons. The predicted octanol–water partition coefficient (Wildman–Crippen LogP) is 5.43. The quantitative estimate of drug-likeness (QED) is 0.323. The number of likely N-dealkylation sites (tertiary alicyclic amines) is 1. The number of nitrogens with zero attached hydrogens (tertiary/aromatic N) is 2. The van der Waals surface area contributed by atoms with Gasteiger partial charge in [-0.1, -0.05) is 42.5 Å². The number of methoxy groups -OCH3 is 1. The Morgan fingerprint density at radius 1 is 1.10 bits per heavy atom. The van der Waals surface area contributed by atoms with E-state index in [1.165, 1.54) is 17.2 Å². The van der Waals surface area contributed by atoms with Crippen LogP contribution in [0.3, 0.4) is 0 Å². The summed E-state index contributed by atoms with van der Waals surface area (Å²) < 4.78 is 19.6. The third kappa shape index (κ3) is 4.64. The van der Waals surface area contributed by atoms with Crippen LogP contribution in [0.4, 0.5) is 14.9 Å². The number of nitrogens with one attached hydrogen (secondary N) is 2. The molecule has 202 valence electrons. The summed E-state index contributed by atoms with van der Waals surface area (Å²) in [5, 5.41) is 14.5. The number of benzene rings is 3. The molecule has 3 heterocycles. The highest BCUT2D eigenvalue weighted by Crippen LogP contribution is 2.49. The lowest BCUT2D eigenvalue weighted by Gasteiger charge is -2.50. The summed E-state index contributed by atoms with van der Waals surface area (Å²) >= 11 is 0. The maximum atomic E-state index is 14.2. The van der Waals surface area contributed by atoms with Crippen LogP contribution in [0.2, 0.25) is 0 Å². The summed E-state index contributed by atoms with van der Waals surface area (Å²) in [5.41, 5.74) is 4.42. The van der Waals surface area contributed by atoms with E-state index < -0.39 is 5.82 Å². The molecular formula is C31H33FN4O3. The SMILES string of the molecule is COc1ccc2c3c([nH]c2c1)C(CO)N(Cc1ccccc1)CC31CCN(C(=O)Nc2ccccc2F)CC1. The number of urea groups is 1. The average molecular weight is 529 g/mol. The maximum Gasteiger partial charge on any atom is 0.321 e. The molecule has 2 amide bonds. The van der Waals surface area contributed by atoms with Crippen molar-refractivity contribution in [3.63, 3.8) is 0 Å². The zero-order chi connectivity index (χ0) is 27.0. The van der Waals surface area contributed by atoms with Gasteiger partial charge in [-0.25, -0.2) is 9.18 Å². The first kappa shape index (κ1) is 25.4. The number of aliphatic hydroxyl groups excluding tert-OH is 1. The number of aromatic nitrogens is 1. The van der Waals surface area contributed by atoms with Gasteiger partial charge < -0.3 is 25.0 Å². The Morgan fingerprint density at radius 3 is 2.56 bits per heavy atom. The molecule has 0 bridgehead atoms. The minimum absolute atomic E-state index is 0.00294. The van der Waals surface area contributed by atoms with Gasteiger partial charge in [0.1, 0.15) is 11.6 Å². The summed E-state index contributed by atoms with van der Waals surface area (Å²) in [6.07, 6.45) is 1.51. The van der Waals surface area contributed by atoms with Crippen molar-refractivity contribution < 1.29 is 19.0 Å². The van der Waals surface area contributed by atoms with Crippen LogP contribution in [0.5, 0.6) is 5.75 Å². The van der Waals surface area contributed by atoms with Gasteiger partial charge in [-0.05, 0) is 48.2 Å². The molecule has 0 saturated carbocycles. The zero-order valence-electron chi connectivity index (χ0n) is 22.0. The Hall–Kier alpha value is -3.88. The van der Waals surface area contributed by atoms with E-state index in [9.17, 15) is 14.3 Å². The molecule has 1 fully saturated rings. The van der Waals surface area contributed by atoms with Crippen LogP contribution in [-0.2, 0) is 12.0 Å². The number of para-hydroxylation sites is 1. The molecule has 4 aromatic rings. The Balaban J connectivity index is 1.34. The van der Waals surface area contributed by atoms with Gasteiger partial charge in [0.05, 0.1) is 25.4 Å². The highest BCUT2D eigenvalue weighted by Gasteiger charge is 2.47. The lowest BCUT2D eigenvalue weighted by molar-refractivity contribution is 0.0495. The number of hydrogen-bond donors (Lipinski definition) is 3. The second-order valence-corrected chi connectivity index (χ2v) is 10.6. The van der Waals surface area contributed by atoms with Crippen LogP contribution in [0.15, 0.2) is 72.8 Å². The van der Waals surface area contributed by atoms with Crippen molar-refractivity contribution >= 4 is 22.6 Å². The van der Waals surface area contributed by atoms with Gasteiger partial charge in [-0.2, -0.15) is 0 Å². The fourth-order valence-corrected chi connectivity index (χ4v) is 6.40. The highest BCUT2D eigenvalue weighted by molar-refractivity contribution is 5.90. The number of fused-ring (bicyclic) bond motifs is 4. The van der Waals surface area contributed by atoms with E-state index in [1.54, 1.807) is 30.2 Å². The molecule has 6 rings (SSSR count). The number of piperidine rings is 1. The lowest BCUT2D eigenvalue weighted by Crippen LogP contribution is -2.54. The van der Waals surface area contributed by atoms with Crippen LogP contribution >= 0.6 is 0 Å². The number of halogens is 1. The number of carbonyl (C=O) groups excluding carboxylic acids is 1. The van der Waals surface area contributed by atoms with Crippen molar-refractivity contribution in [2.45, 2.75) is 30.8 Å². The first-order valence-corrected chi connectivity index (χ1v) is 13.4. The molecule has 8 heteroatoms. The Kier molecular flexibility index (Phi) is 6.74. The van der Waals surface area contributed by atoms with E-state index in [0.717, 1.165) is 41.7 Å². The van der Waals surface area contributed by atoms with E-state index in [0.29, 0.717) is 19.6 Å². The third-order valence-corrected chi connectivity index (χ3v) is 8.37. The molecule has 3 N–H and O–H groups in total. The molecular weight excluding hydrogens is 495 g/mol. The van der Waals surface area contributed by atoms with E-state index >= 15 is 0 Å². The van der Waals surface area contributed by atoms with Crippen molar-refractivity contribution in [3.05, 3.63) is 95.4 Å². The van der Waals surface area contributed by atoms with E-state index in [1.807, 2.05) is 30.3 Å². The first-order chi connectivity index (χ1) is 19.0. The summed E-state index contributed by atoms with van der Waals surface area (Å²) in [5.74, 6) is 0.327. The Labute approximate surface area is 227 Å². The van der Waals surface area contributed by atoms with Gasteiger partial charge in [0.15, 0.2) is 0 Å². The van der Waals surface area contributed by atoms with E-state index in [4.69, 9.17) is 4.74 Å². The number of amides is 2. The van der Waals surface area contributed by atoms with Crippen LogP contribution < -0.4 is 10.1 Å². The fourth-order valence-electron chi connectivity index (χ4n) is 6.40. The van der Waals surface area contributed by atoms with Crippen LogP contribution in [0, 0.1) is 5.82 Å². The average Bonchev–Trinajstić information content (AvgIpc) is 3.35. The lowest BCUT2D eigenvalue weighted by atomic mass is 9.68. The molecule has 3 aromatic carbocycles. The summed E-state index contributed by atoms with van der Waals surface area (Å²) in [6, 6.07) is 22.2. The molecule has 39 heavy (non-hydrogen) atoms. The number of aliphatic hydroxyl groups is 1. The van der Waals surface area contributed by atoms with Gasteiger partial charge in [0.25, 0.3) is 0 Å². The first-order valence-electron chi connectivity index (χ1n) is 13.4. The van der Waals surface area contributed by atoms with Gasteiger partial charge in [0, 0.05) is 54.3 Å². The monoisotopic (exact) mass is 528 g/mol. The Bertz CT molecular complexity index is 1480. The fraction of sp³-hybridized carbons (Fsp3) is 0.323. The molecule has 1 saturated heterocycles. The summed E-state index contributed by atoms with van der Waals surface area (Å²) in [4.78, 5) is 20.8. The number of ether oxygens (including phenoxy) is 1. The molecule has 1 unspecified atom stereocenters. The number of carbonyl (C=O) groups is 1. The smallest absolute Gasteiger partial charge is 0.321 e. The zero-order valence-corrected chi connectivity index (χ0v) is 22.0. The number of H-pyrrole nitrogens is 1. The standard InChI is InChI=1S/C31H33FN4O3/c1-39-22-11-12-23-26(17-22)33-29-27(19-37)36(18-21-7-3-2-4-8-21)20-31(28(23)29)13-15-35(16-14-31)30(38)34-25-10-6-5-9-24(25)32/h2-12,17,27,33,37H,13-16,18-20H2,1H3,(H,34,38). The third-order valence-electron chi connectivity index (χ3n) is 8.37. The van der Waals surface area contributed by atoms with Crippen LogP contribution in [-0.4, -0.2) is 59.3 Å². The number of aromatic amines is 1. The summed E-state index contributed by atoms with van der Waals surface area (Å²) in [7, 11) is 1.66. The number of hydrogen-bond acceptors (Lipinski definition) is 4. The molecule has 2 aliphatic rings. The van der Waals surface area contributed by atoms with Gasteiger partial charge in [0.2, 0.25) is 0 Å². The topological polar surface area (TPSA) is 80.8 Å². The molecule has 2 aliphatic heterocycles. The Morgan fingerprint density at radius 2 is 1.85 bits per heavy atom. The second-order valence-electron chi connectivity index (χ2n) is 10.6. The molecule has 7 nitrogen and oxygen atoms in total. The van der Waals surface area contributed by atoms with E-state index in [2.05, 4.69) is 33.4 Å². The summed E-state index contributed by atoms with van der Waals surface area (Å²) in [6.45, 7) is 2.57. The molecule has 1 atom stereocenters. The predicted molar refractivity (Wildman–Crippen MR) is 149 cm³/mol. The second kappa shape index (κ2) is 10.4. The van der Waals surface area contributed by atoms with Crippen molar-refractivity contribution in [1.29, 1.82) is 0 Å². The maximum absolute atomic E-state index is 14.2.